The number of imide groups is 1. The fraction of sp³-hybridized carbons (Fsp3) is 0.105. The van der Waals surface area contributed by atoms with Gasteiger partial charge in [-0.15, -0.1) is 0 Å². The van der Waals surface area contributed by atoms with Crippen LogP contribution in [0.1, 0.15) is 5.56 Å². The number of carbonyl (C=O) groups is 3. The van der Waals surface area contributed by atoms with Crippen molar-refractivity contribution < 1.29 is 18.8 Å². The molecule has 0 aromatic heterocycles. The zero-order valence-corrected chi connectivity index (χ0v) is 17.1. The third-order valence-corrected chi connectivity index (χ3v) is 5.51. The lowest BCUT2D eigenvalue weighted by molar-refractivity contribution is -0.122. The molecule has 0 spiro atoms. The predicted molar refractivity (Wildman–Crippen MR) is 113 cm³/mol. The fourth-order valence-corrected chi connectivity index (χ4v) is 3.61. The van der Waals surface area contributed by atoms with E-state index in [0.29, 0.717) is 15.7 Å². The van der Waals surface area contributed by atoms with Crippen LogP contribution in [0, 0.1) is 5.82 Å². The van der Waals surface area contributed by atoms with Crippen molar-refractivity contribution in [1.82, 2.24) is 10.2 Å². The van der Waals surface area contributed by atoms with Crippen LogP contribution in [0.4, 0.5) is 19.7 Å². The molecule has 2 aromatic rings. The van der Waals surface area contributed by atoms with Gasteiger partial charge in [0.25, 0.3) is 11.1 Å². The molecule has 1 fully saturated rings. The van der Waals surface area contributed by atoms with E-state index >= 15 is 0 Å². The monoisotopic (exact) mass is 453 g/mol. The molecule has 2 N–H and O–H groups in total. The molecular weight excluding hydrogens is 440 g/mol. The number of hydrogen-bond donors (Lipinski definition) is 2. The van der Waals surface area contributed by atoms with Crippen molar-refractivity contribution in [3.63, 3.8) is 0 Å². The van der Waals surface area contributed by atoms with E-state index in [4.69, 9.17) is 23.2 Å². The summed E-state index contributed by atoms with van der Waals surface area (Å²) >= 11 is 12.4. The van der Waals surface area contributed by atoms with Crippen molar-refractivity contribution in [3.8, 4) is 0 Å². The first-order valence-corrected chi connectivity index (χ1v) is 9.92. The van der Waals surface area contributed by atoms with Crippen LogP contribution in [-0.2, 0) is 4.79 Å². The largest absolute Gasteiger partial charge is 0.336 e. The number of rotatable bonds is 5. The van der Waals surface area contributed by atoms with Gasteiger partial charge in [-0.25, -0.2) is 9.18 Å². The average Bonchev–Trinajstić information content (AvgIpc) is 2.94. The molecule has 10 heteroatoms. The molecule has 29 heavy (non-hydrogen) atoms. The highest BCUT2D eigenvalue weighted by Gasteiger charge is 2.34. The summed E-state index contributed by atoms with van der Waals surface area (Å²) in [5.74, 6) is -1.02. The minimum atomic E-state index is -0.532. The zero-order valence-electron chi connectivity index (χ0n) is 14.7. The predicted octanol–water partition coefficient (Wildman–Crippen LogP) is 4.99. The molecule has 1 heterocycles. The van der Waals surface area contributed by atoms with E-state index in [2.05, 4.69) is 10.6 Å². The van der Waals surface area contributed by atoms with Crippen molar-refractivity contribution in [2.75, 3.05) is 18.4 Å². The summed E-state index contributed by atoms with van der Waals surface area (Å²) in [7, 11) is 0. The van der Waals surface area contributed by atoms with Crippen molar-refractivity contribution in [2.45, 2.75) is 0 Å². The first-order valence-electron chi connectivity index (χ1n) is 8.35. The lowest BCUT2D eigenvalue weighted by atomic mass is 10.2. The lowest BCUT2D eigenvalue weighted by Crippen LogP contribution is -2.38. The Balaban J connectivity index is 1.54. The van der Waals surface area contributed by atoms with Crippen LogP contribution in [0.2, 0.25) is 10.0 Å². The van der Waals surface area contributed by atoms with E-state index < -0.39 is 23.0 Å². The highest BCUT2D eigenvalue weighted by atomic mass is 35.5. The summed E-state index contributed by atoms with van der Waals surface area (Å²) in [5.41, 5.74) is 0.660. The fourth-order valence-electron chi connectivity index (χ4n) is 2.46. The minimum absolute atomic E-state index is 0.0198. The van der Waals surface area contributed by atoms with E-state index in [1.165, 1.54) is 30.3 Å². The first-order chi connectivity index (χ1) is 13.8. The van der Waals surface area contributed by atoms with Gasteiger partial charge in [0.15, 0.2) is 0 Å². The number of anilines is 1. The Bertz CT molecular complexity index is 1020. The second-order valence-electron chi connectivity index (χ2n) is 5.86. The van der Waals surface area contributed by atoms with Gasteiger partial charge in [-0.2, -0.15) is 0 Å². The van der Waals surface area contributed by atoms with Gasteiger partial charge < -0.3 is 10.6 Å². The molecule has 1 aliphatic rings. The molecule has 4 amide bonds. The molecule has 0 bridgehead atoms. The van der Waals surface area contributed by atoms with Crippen molar-refractivity contribution in [1.29, 1.82) is 0 Å². The highest BCUT2D eigenvalue weighted by molar-refractivity contribution is 8.18. The van der Waals surface area contributed by atoms with Crippen LogP contribution >= 0.6 is 35.0 Å². The number of nitrogens with zero attached hydrogens (tertiary/aromatic N) is 1. The SMILES string of the molecule is O=C(NCCN1C(=O)SC(=Cc2ccccc2F)C1=O)Nc1ccc(Cl)c(Cl)c1. The molecule has 150 valence electrons. The summed E-state index contributed by atoms with van der Waals surface area (Å²) in [6.45, 7) is 0.0201. The van der Waals surface area contributed by atoms with Gasteiger partial charge in [-0.3, -0.25) is 14.5 Å². The molecule has 0 aliphatic carbocycles. The maximum Gasteiger partial charge on any atom is 0.319 e. The van der Waals surface area contributed by atoms with Crippen molar-refractivity contribution in [3.05, 3.63) is 68.8 Å². The molecule has 2 aromatic carbocycles. The molecule has 1 saturated heterocycles. The number of carbonyl (C=O) groups excluding carboxylic acids is 3. The van der Waals surface area contributed by atoms with Crippen molar-refractivity contribution >= 4 is 63.9 Å². The number of amides is 4. The topological polar surface area (TPSA) is 78.5 Å². The molecule has 0 saturated carbocycles. The lowest BCUT2D eigenvalue weighted by Gasteiger charge is -2.13. The Hall–Kier alpha value is -2.55. The Morgan fingerprint density at radius 1 is 1.14 bits per heavy atom. The summed E-state index contributed by atoms with van der Waals surface area (Å²) in [6, 6.07) is 10.0. The molecule has 0 atom stereocenters. The quantitative estimate of drug-likeness (QED) is 0.624. The van der Waals surface area contributed by atoms with Crippen LogP contribution in [0.5, 0.6) is 0 Å². The number of thioether (sulfide) groups is 1. The third-order valence-electron chi connectivity index (χ3n) is 3.86. The third kappa shape index (κ3) is 5.29. The van der Waals surface area contributed by atoms with Gasteiger partial charge in [0.1, 0.15) is 5.82 Å². The normalized spacial score (nSPS) is 15.1. The van der Waals surface area contributed by atoms with Crippen LogP contribution in [-0.4, -0.2) is 35.2 Å². The Labute approximate surface area is 180 Å². The van der Waals surface area contributed by atoms with E-state index in [0.717, 1.165) is 16.7 Å². The number of urea groups is 1. The number of halogens is 3. The van der Waals surface area contributed by atoms with Crippen LogP contribution in [0.25, 0.3) is 6.08 Å². The smallest absolute Gasteiger partial charge is 0.319 e. The summed E-state index contributed by atoms with van der Waals surface area (Å²) in [4.78, 5) is 37.6. The second-order valence-corrected chi connectivity index (χ2v) is 7.67. The Morgan fingerprint density at radius 2 is 1.90 bits per heavy atom. The Kier molecular flexibility index (Phi) is 6.79. The molecule has 1 aliphatic heterocycles. The number of benzene rings is 2. The van der Waals surface area contributed by atoms with Crippen LogP contribution in [0.15, 0.2) is 47.4 Å². The highest BCUT2D eigenvalue weighted by Crippen LogP contribution is 2.32. The summed E-state index contributed by atoms with van der Waals surface area (Å²) < 4.78 is 13.7. The van der Waals surface area contributed by atoms with Gasteiger partial charge in [0, 0.05) is 24.3 Å². The van der Waals surface area contributed by atoms with E-state index in [1.807, 2.05) is 0 Å². The van der Waals surface area contributed by atoms with Gasteiger partial charge in [-0.1, -0.05) is 41.4 Å². The van der Waals surface area contributed by atoms with E-state index in [-0.39, 0.29) is 23.6 Å². The van der Waals surface area contributed by atoms with E-state index in [9.17, 15) is 18.8 Å². The summed E-state index contributed by atoms with van der Waals surface area (Å²) in [5, 5.41) is 5.29. The zero-order chi connectivity index (χ0) is 21.0. The van der Waals surface area contributed by atoms with Gasteiger partial charge in [0.2, 0.25) is 0 Å². The second kappa shape index (κ2) is 9.30. The average molecular weight is 454 g/mol. The summed E-state index contributed by atoms with van der Waals surface area (Å²) in [6.07, 6.45) is 1.34. The maximum atomic E-state index is 13.7. The van der Waals surface area contributed by atoms with Gasteiger partial charge >= 0.3 is 6.03 Å². The number of nitrogens with one attached hydrogen (secondary N) is 2. The number of hydrogen-bond acceptors (Lipinski definition) is 4. The molecular formula is C19H14Cl2FN3O3S. The Morgan fingerprint density at radius 3 is 2.62 bits per heavy atom. The van der Waals surface area contributed by atoms with E-state index in [1.54, 1.807) is 18.2 Å². The maximum absolute atomic E-state index is 13.7. The standard InChI is InChI=1S/C19H14Cl2FN3O3S/c20-13-6-5-12(10-14(13)21)24-18(27)23-7-8-25-17(26)16(29-19(25)28)9-11-3-1-2-4-15(11)22/h1-6,9-10H,7-8H2,(H2,23,24,27). The van der Waals surface area contributed by atoms with Gasteiger partial charge in [0.05, 0.1) is 15.0 Å². The van der Waals surface area contributed by atoms with Gasteiger partial charge in [-0.05, 0) is 42.1 Å². The first kappa shape index (κ1) is 21.2. The molecule has 6 nitrogen and oxygen atoms in total. The van der Waals surface area contributed by atoms with Crippen LogP contribution in [0.3, 0.4) is 0 Å². The molecule has 3 rings (SSSR count). The molecule has 0 unspecified atom stereocenters. The van der Waals surface area contributed by atoms with Crippen LogP contribution < -0.4 is 10.6 Å². The minimum Gasteiger partial charge on any atom is -0.336 e. The van der Waals surface area contributed by atoms with Crippen molar-refractivity contribution in [2.24, 2.45) is 0 Å². The molecule has 0 radical (unpaired) electrons.